The number of pyridine rings is 1. The van der Waals surface area contributed by atoms with Crippen LogP contribution in [0.5, 0.6) is 11.5 Å². The second-order valence-electron chi connectivity index (χ2n) is 8.56. The Morgan fingerprint density at radius 2 is 1.82 bits per heavy atom. The van der Waals surface area contributed by atoms with Crippen molar-refractivity contribution in [2.75, 3.05) is 38.6 Å². The van der Waals surface area contributed by atoms with Gasteiger partial charge in [-0.25, -0.2) is 9.78 Å². The number of fused-ring (bicyclic) bond motifs is 1. The zero-order valence-electron chi connectivity index (χ0n) is 21.5. The van der Waals surface area contributed by atoms with Crippen LogP contribution in [0.1, 0.15) is 21.6 Å². The number of carbonyl (C=O) groups is 2. The lowest BCUT2D eigenvalue weighted by Crippen LogP contribution is -2.20. The SMILES string of the molecule is COCC(=O)Nc1c(C(=O)OC)n(CCc2ccc(OC)cc2)c2ncc(NCc3cccc(O)c3)cc12. The molecular formula is C28H30N4O6. The van der Waals surface area contributed by atoms with Crippen LogP contribution in [0, 0.1) is 0 Å². The quantitative estimate of drug-likeness (QED) is 0.255. The van der Waals surface area contributed by atoms with Crippen molar-refractivity contribution in [2.45, 2.75) is 19.5 Å². The molecule has 0 saturated heterocycles. The normalized spacial score (nSPS) is 10.8. The number of esters is 1. The van der Waals surface area contributed by atoms with Gasteiger partial charge in [-0.2, -0.15) is 0 Å². The molecule has 0 saturated carbocycles. The first-order valence-corrected chi connectivity index (χ1v) is 12.0. The van der Waals surface area contributed by atoms with E-state index in [-0.39, 0.29) is 18.1 Å². The summed E-state index contributed by atoms with van der Waals surface area (Å²) >= 11 is 0. The van der Waals surface area contributed by atoms with Gasteiger partial charge in [0.25, 0.3) is 0 Å². The summed E-state index contributed by atoms with van der Waals surface area (Å²) in [6.07, 6.45) is 2.26. The molecule has 0 aliphatic heterocycles. The predicted octanol–water partition coefficient (Wildman–Crippen LogP) is 3.98. The van der Waals surface area contributed by atoms with E-state index < -0.39 is 11.9 Å². The number of aromatic nitrogens is 2. The summed E-state index contributed by atoms with van der Waals surface area (Å²) in [6.45, 7) is 0.674. The summed E-state index contributed by atoms with van der Waals surface area (Å²) < 4.78 is 17.1. The molecule has 4 aromatic rings. The number of aromatic hydroxyl groups is 1. The third-order valence-electron chi connectivity index (χ3n) is 6.01. The molecule has 1 amide bonds. The highest BCUT2D eigenvalue weighted by molar-refractivity contribution is 6.11. The molecule has 0 radical (unpaired) electrons. The molecule has 2 heterocycles. The lowest BCUT2D eigenvalue weighted by atomic mass is 10.1. The number of phenolic OH excluding ortho intramolecular Hbond substituents is 1. The molecule has 2 aromatic carbocycles. The van der Waals surface area contributed by atoms with Crippen LogP contribution in [0.4, 0.5) is 11.4 Å². The first kappa shape index (κ1) is 26.5. The number of anilines is 2. The van der Waals surface area contributed by atoms with Gasteiger partial charge in [0.2, 0.25) is 5.91 Å². The first-order valence-electron chi connectivity index (χ1n) is 12.0. The maximum atomic E-state index is 13.0. The Morgan fingerprint density at radius 3 is 2.50 bits per heavy atom. The van der Waals surface area contributed by atoms with Crippen LogP contribution in [0.2, 0.25) is 0 Å². The van der Waals surface area contributed by atoms with E-state index in [0.29, 0.717) is 41.9 Å². The van der Waals surface area contributed by atoms with Gasteiger partial charge in [-0.15, -0.1) is 0 Å². The average Bonchev–Trinajstić information content (AvgIpc) is 3.23. The van der Waals surface area contributed by atoms with Crippen LogP contribution >= 0.6 is 0 Å². The minimum absolute atomic E-state index is 0.178. The van der Waals surface area contributed by atoms with Crippen LogP contribution < -0.4 is 15.4 Å². The Hall–Kier alpha value is -4.57. The van der Waals surface area contributed by atoms with Crippen molar-refractivity contribution in [2.24, 2.45) is 0 Å². The van der Waals surface area contributed by atoms with E-state index >= 15 is 0 Å². The molecule has 0 spiro atoms. The third-order valence-corrected chi connectivity index (χ3v) is 6.01. The molecule has 2 aromatic heterocycles. The number of carbonyl (C=O) groups excluding carboxylic acids is 2. The molecular weight excluding hydrogens is 488 g/mol. The number of nitrogens with one attached hydrogen (secondary N) is 2. The topological polar surface area (TPSA) is 124 Å². The third kappa shape index (κ3) is 6.04. The summed E-state index contributed by atoms with van der Waals surface area (Å²) in [7, 11) is 4.33. The smallest absolute Gasteiger partial charge is 0.356 e. The Morgan fingerprint density at radius 1 is 1.03 bits per heavy atom. The number of phenols is 1. The van der Waals surface area contributed by atoms with Gasteiger partial charge in [0.05, 0.1) is 31.8 Å². The summed E-state index contributed by atoms with van der Waals surface area (Å²) in [5, 5.41) is 16.4. The fourth-order valence-electron chi connectivity index (χ4n) is 4.19. The Bertz CT molecular complexity index is 1430. The monoisotopic (exact) mass is 518 g/mol. The van der Waals surface area contributed by atoms with Gasteiger partial charge in [0.15, 0.2) is 5.69 Å². The minimum atomic E-state index is -0.597. The van der Waals surface area contributed by atoms with E-state index in [4.69, 9.17) is 14.2 Å². The largest absolute Gasteiger partial charge is 0.508 e. The number of methoxy groups -OCH3 is 3. The molecule has 0 atom stereocenters. The van der Waals surface area contributed by atoms with E-state index in [9.17, 15) is 14.7 Å². The number of nitrogens with zero attached hydrogens (tertiary/aromatic N) is 2. The lowest BCUT2D eigenvalue weighted by molar-refractivity contribution is -0.119. The summed E-state index contributed by atoms with van der Waals surface area (Å²) in [5.74, 6) is -0.0756. The molecule has 3 N–H and O–H groups in total. The molecule has 198 valence electrons. The maximum Gasteiger partial charge on any atom is 0.356 e. The highest BCUT2D eigenvalue weighted by atomic mass is 16.5. The zero-order chi connectivity index (χ0) is 27.1. The second kappa shape index (κ2) is 12.1. The van der Waals surface area contributed by atoms with Crippen molar-refractivity contribution in [1.29, 1.82) is 0 Å². The van der Waals surface area contributed by atoms with Crippen molar-refractivity contribution < 1.29 is 28.9 Å². The van der Waals surface area contributed by atoms with Crippen molar-refractivity contribution in [3.63, 3.8) is 0 Å². The Kier molecular flexibility index (Phi) is 8.44. The number of benzene rings is 2. The van der Waals surface area contributed by atoms with Gasteiger partial charge in [0, 0.05) is 25.6 Å². The number of hydrogen-bond acceptors (Lipinski definition) is 8. The molecule has 10 heteroatoms. The number of amides is 1. The number of ether oxygens (including phenoxy) is 3. The van der Waals surface area contributed by atoms with E-state index in [1.54, 1.807) is 36.1 Å². The van der Waals surface area contributed by atoms with Crippen LogP contribution in [0.15, 0.2) is 60.8 Å². The molecule has 0 aliphatic carbocycles. The van der Waals surface area contributed by atoms with E-state index in [0.717, 1.165) is 16.9 Å². The van der Waals surface area contributed by atoms with Crippen molar-refractivity contribution in [3.8, 4) is 11.5 Å². The average molecular weight is 519 g/mol. The summed E-state index contributed by atoms with van der Waals surface area (Å²) in [4.78, 5) is 30.1. The maximum absolute atomic E-state index is 13.0. The number of aryl methyl sites for hydroxylation is 2. The Labute approximate surface area is 220 Å². The lowest BCUT2D eigenvalue weighted by Gasteiger charge is -2.11. The minimum Gasteiger partial charge on any atom is -0.508 e. The second-order valence-corrected chi connectivity index (χ2v) is 8.56. The van der Waals surface area contributed by atoms with Crippen LogP contribution in [0.3, 0.4) is 0 Å². The molecule has 4 rings (SSSR count). The fraction of sp³-hybridized carbons (Fsp3) is 0.250. The van der Waals surface area contributed by atoms with Crippen LogP contribution in [0.25, 0.3) is 11.0 Å². The first-order chi connectivity index (χ1) is 18.4. The van der Waals surface area contributed by atoms with E-state index in [2.05, 4.69) is 15.6 Å². The van der Waals surface area contributed by atoms with Crippen LogP contribution in [-0.2, 0) is 33.8 Å². The highest BCUT2D eigenvalue weighted by Gasteiger charge is 2.26. The van der Waals surface area contributed by atoms with Crippen molar-refractivity contribution in [3.05, 3.63) is 77.6 Å². The zero-order valence-corrected chi connectivity index (χ0v) is 21.5. The van der Waals surface area contributed by atoms with Gasteiger partial charge in [-0.3, -0.25) is 4.79 Å². The molecule has 0 unspecified atom stereocenters. The van der Waals surface area contributed by atoms with Gasteiger partial charge < -0.3 is 34.5 Å². The standard InChI is InChI=1S/C28H30N4O6/c1-36-17-24(34)31-25-23-14-20(29-15-19-5-4-6-21(33)13-19)16-30-27(23)32(26(25)28(35)38-3)12-11-18-7-9-22(37-2)10-8-18/h4-10,13-14,16,29,33H,11-12,15,17H2,1-3H3,(H,31,34). The van der Waals surface area contributed by atoms with E-state index in [1.807, 2.05) is 36.4 Å². The molecule has 0 aliphatic rings. The van der Waals surface area contributed by atoms with Gasteiger partial charge in [0.1, 0.15) is 23.8 Å². The Balaban J connectivity index is 1.73. The fourth-order valence-corrected chi connectivity index (χ4v) is 4.19. The van der Waals surface area contributed by atoms with Gasteiger partial charge in [-0.05, 0) is 47.9 Å². The predicted molar refractivity (Wildman–Crippen MR) is 144 cm³/mol. The van der Waals surface area contributed by atoms with Crippen molar-refractivity contribution in [1.82, 2.24) is 9.55 Å². The summed E-state index contributed by atoms with van der Waals surface area (Å²) in [5.41, 5.74) is 3.61. The van der Waals surface area contributed by atoms with Crippen molar-refractivity contribution >= 4 is 34.3 Å². The number of rotatable bonds is 11. The van der Waals surface area contributed by atoms with E-state index in [1.165, 1.54) is 14.2 Å². The van der Waals surface area contributed by atoms with Gasteiger partial charge >= 0.3 is 5.97 Å². The molecule has 0 bridgehead atoms. The van der Waals surface area contributed by atoms with Crippen LogP contribution in [-0.4, -0.2) is 54.5 Å². The number of hydrogen-bond donors (Lipinski definition) is 3. The highest BCUT2D eigenvalue weighted by Crippen LogP contribution is 2.33. The molecule has 38 heavy (non-hydrogen) atoms. The summed E-state index contributed by atoms with van der Waals surface area (Å²) in [6, 6.07) is 16.4. The van der Waals surface area contributed by atoms with Gasteiger partial charge in [-0.1, -0.05) is 24.3 Å². The molecule has 10 nitrogen and oxygen atoms in total. The molecule has 0 fully saturated rings.